The molecular weight excluding hydrogens is 592 g/mol. The quantitative estimate of drug-likeness (QED) is 0.185. The van der Waals surface area contributed by atoms with Gasteiger partial charge in [0.15, 0.2) is 12.4 Å². The van der Waals surface area contributed by atoms with Crippen LogP contribution in [0.15, 0.2) is 72.8 Å². The molecule has 5 atom stereocenters. The van der Waals surface area contributed by atoms with Crippen molar-refractivity contribution in [1.29, 1.82) is 0 Å². The second-order valence-corrected chi connectivity index (χ2v) is 11.7. The van der Waals surface area contributed by atoms with Crippen molar-refractivity contribution in [3.05, 3.63) is 99.6 Å². The molecule has 2 N–H and O–H groups in total. The normalized spacial score (nSPS) is 22.6. The Morgan fingerprint density at radius 3 is 2.35 bits per heavy atom. The number of anilines is 2. The Morgan fingerprint density at radius 1 is 1.02 bits per heavy atom. The lowest BCUT2D eigenvalue weighted by molar-refractivity contribution is -0.384. The number of carbonyl (C=O) groups excluding carboxylic acids is 2. The molecule has 0 aromatic heterocycles. The maximum atomic E-state index is 12.6. The van der Waals surface area contributed by atoms with Crippen LogP contribution in [0.2, 0.25) is 0 Å². The van der Waals surface area contributed by atoms with Crippen LogP contribution >= 0.6 is 0 Å². The molecule has 1 amide bonds. The summed E-state index contributed by atoms with van der Waals surface area (Å²) in [5.41, 5.74) is 4.08. The Labute approximate surface area is 268 Å². The van der Waals surface area contributed by atoms with Crippen molar-refractivity contribution in [2.75, 3.05) is 42.9 Å². The molecule has 0 radical (unpaired) electrons. The maximum absolute atomic E-state index is 12.6. The molecule has 0 aliphatic carbocycles. The molecule has 3 aromatic rings. The summed E-state index contributed by atoms with van der Waals surface area (Å²) in [5, 5.41) is 23.4. The molecule has 2 saturated heterocycles. The number of non-ortho nitro benzene ring substituents is 1. The topological polar surface area (TPSA) is 144 Å². The minimum Gasteiger partial charge on any atom is -0.453 e. The van der Waals surface area contributed by atoms with Gasteiger partial charge in [0.2, 0.25) is 0 Å². The number of hydrogen-bond donors (Lipinski definition) is 2. The van der Waals surface area contributed by atoms with Crippen LogP contribution in [-0.4, -0.2) is 71.7 Å². The number of rotatable bonds is 10. The van der Waals surface area contributed by atoms with Gasteiger partial charge in [0.05, 0.1) is 23.7 Å². The van der Waals surface area contributed by atoms with Gasteiger partial charge in [-0.15, -0.1) is 0 Å². The first-order valence-electron chi connectivity index (χ1n) is 15.4. The highest BCUT2D eigenvalue weighted by molar-refractivity contribution is 5.95. The van der Waals surface area contributed by atoms with Crippen molar-refractivity contribution in [2.24, 2.45) is 5.92 Å². The van der Waals surface area contributed by atoms with Crippen LogP contribution in [0, 0.1) is 16.0 Å². The number of ether oxygens (including phenoxy) is 3. The van der Waals surface area contributed by atoms with E-state index in [-0.39, 0.29) is 30.4 Å². The first-order chi connectivity index (χ1) is 22.1. The second kappa shape index (κ2) is 14.8. The zero-order valence-corrected chi connectivity index (χ0v) is 26.2. The molecule has 3 aromatic carbocycles. The molecule has 0 bridgehead atoms. The smallest absolute Gasteiger partial charge is 0.303 e. The number of aliphatic hydroxyl groups excluding tert-OH is 1. The average molecular weight is 633 g/mol. The molecule has 2 heterocycles. The summed E-state index contributed by atoms with van der Waals surface area (Å²) in [7, 11) is 0. The Bertz CT molecular complexity index is 1510. The zero-order chi connectivity index (χ0) is 32.8. The number of nitrogens with zero attached hydrogens (tertiary/aromatic N) is 3. The van der Waals surface area contributed by atoms with Gasteiger partial charge in [-0.05, 0) is 42.3 Å². The number of esters is 1. The zero-order valence-electron chi connectivity index (χ0n) is 26.2. The van der Waals surface area contributed by atoms with Crippen molar-refractivity contribution in [3.63, 3.8) is 0 Å². The number of amides is 1. The summed E-state index contributed by atoms with van der Waals surface area (Å²) < 4.78 is 18.2. The minimum absolute atomic E-state index is 0.00334. The predicted molar refractivity (Wildman–Crippen MR) is 171 cm³/mol. The van der Waals surface area contributed by atoms with Gasteiger partial charge in [-0.1, -0.05) is 43.3 Å². The molecule has 0 spiro atoms. The SMILES string of the molecule is CC(=O)O[C@@H](C)C(=O)Nc1cccc([C@H]2O[C@@H](CN3CCN(c4ccc([N+](=O)[O-])cc4)CC3)[C@@H](C)[C@@H](c3ccc(CO)cc3)O2)c1. The van der Waals surface area contributed by atoms with Crippen molar-refractivity contribution in [1.82, 2.24) is 4.90 Å². The lowest BCUT2D eigenvalue weighted by Gasteiger charge is -2.44. The van der Waals surface area contributed by atoms with Crippen LogP contribution in [0.3, 0.4) is 0 Å². The summed E-state index contributed by atoms with van der Waals surface area (Å²) in [4.78, 5) is 39.1. The van der Waals surface area contributed by atoms with Gasteiger partial charge in [0.25, 0.3) is 11.6 Å². The number of hydrogen-bond acceptors (Lipinski definition) is 10. The molecular formula is C34H40N4O8. The van der Waals surface area contributed by atoms with Gasteiger partial charge in [-0.2, -0.15) is 0 Å². The van der Waals surface area contributed by atoms with Crippen LogP contribution in [-0.2, 0) is 30.4 Å². The largest absolute Gasteiger partial charge is 0.453 e. The van der Waals surface area contributed by atoms with Crippen LogP contribution < -0.4 is 10.2 Å². The van der Waals surface area contributed by atoms with Gasteiger partial charge in [0.1, 0.15) is 0 Å². The third kappa shape index (κ3) is 8.07. The molecule has 244 valence electrons. The van der Waals surface area contributed by atoms with Gasteiger partial charge in [0, 0.05) is 74.6 Å². The molecule has 12 heteroatoms. The highest BCUT2D eigenvalue weighted by Crippen LogP contribution is 2.42. The van der Waals surface area contributed by atoms with Crippen molar-refractivity contribution >= 4 is 28.9 Å². The van der Waals surface area contributed by atoms with E-state index in [1.165, 1.54) is 26.0 Å². The Morgan fingerprint density at radius 2 is 1.72 bits per heavy atom. The third-order valence-corrected chi connectivity index (χ3v) is 8.50. The van der Waals surface area contributed by atoms with Crippen LogP contribution in [0.1, 0.15) is 49.9 Å². The highest BCUT2D eigenvalue weighted by atomic mass is 16.7. The number of nitrogens with one attached hydrogen (secondary N) is 1. The van der Waals surface area contributed by atoms with Crippen molar-refractivity contribution in [3.8, 4) is 0 Å². The monoisotopic (exact) mass is 632 g/mol. The molecule has 12 nitrogen and oxygen atoms in total. The fraction of sp³-hybridized carbons (Fsp3) is 0.412. The van der Waals surface area contributed by atoms with Gasteiger partial charge in [-0.25, -0.2) is 0 Å². The summed E-state index contributed by atoms with van der Waals surface area (Å²) in [6.45, 7) is 8.67. The van der Waals surface area contributed by atoms with Crippen LogP contribution in [0.5, 0.6) is 0 Å². The summed E-state index contributed by atoms with van der Waals surface area (Å²) >= 11 is 0. The average Bonchev–Trinajstić information content (AvgIpc) is 3.06. The standard InChI is InChI=1S/C34H40N4O8/c1-22-31(20-36-15-17-37(18-16-36)29-11-13-30(14-12-29)38(42)43)45-34(46-32(22)26-9-7-25(21-39)8-10-26)27-5-4-6-28(19-27)35-33(41)23(2)44-24(3)40/h4-14,19,22-23,31-32,34,39H,15-18,20-21H2,1-3H3,(H,35,41)/t22-,23+,31+,32+,34+/m1/s1. The van der Waals surface area contributed by atoms with Crippen LogP contribution in [0.4, 0.5) is 17.1 Å². The first kappa shape index (κ1) is 33.0. The lowest BCUT2D eigenvalue weighted by Crippen LogP contribution is -2.51. The summed E-state index contributed by atoms with van der Waals surface area (Å²) in [6.07, 6.45) is -2.14. The molecule has 0 unspecified atom stereocenters. The van der Waals surface area contributed by atoms with Gasteiger partial charge in [-0.3, -0.25) is 24.6 Å². The Balaban J connectivity index is 1.31. The van der Waals surface area contributed by atoms with E-state index in [9.17, 15) is 24.8 Å². The Hall–Kier alpha value is -4.36. The summed E-state index contributed by atoms with van der Waals surface area (Å²) in [5.74, 6) is -0.984. The van der Waals surface area contributed by atoms with E-state index in [1.807, 2.05) is 36.4 Å². The van der Waals surface area contributed by atoms with Crippen molar-refractivity contribution < 1.29 is 33.8 Å². The predicted octanol–water partition coefficient (Wildman–Crippen LogP) is 4.59. The molecule has 0 saturated carbocycles. The molecule has 5 rings (SSSR count). The number of aliphatic hydroxyl groups is 1. The molecule has 2 aliphatic rings. The van der Waals surface area contributed by atoms with E-state index in [0.29, 0.717) is 12.2 Å². The third-order valence-electron chi connectivity index (χ3n) is 8.50. The van der Waals surface area contributed by atoms with Gasteiger partial charge < -0.3 is 29.5 Å². The first-order valence-corrected chi connectivity index (χ1v) is 15.4. The van der Waals surface area contributed by atoms with Crippen LogP contribution in [0.25, 0.3) is 0 Å². The maximum Gasteiger partial charge on any atom is 0.303 e. The number of carbonyl (C=O) groups is 2. The number of piperazine rings is 1. The number of benzene rings is 3. The minimum atomic E-state index is -0.944. The molecule has 2 fully saturated rings. The fourth-order valence-electron chi connectivity index (χ4n) is 5.87. The van der Waals surface area contributed by atoms with E-state index in [1.54, 1.807) is 24.3 Å². The van der Waals surface area contributed by atoms with E-state index in [4.69, 9.17) is 14.2 Å². The second-order valence-electron chi connectivity index (χ2n) is 11.7. The lowest BCUT2D eigenvalue weighted by atomic mass is 9.90. The fourth-order valence-corrected chi connectivity index (χ4v) is 5.87. The van der Waals surface area contributed by atoms with E-state index in [2.05, 4.69) is 22.0 Å². The Kier molecular flexibility index (Phi) is 10.6. The van der Waals surface area contributed by atoms with E-state index >= 15 is 0 Å². The summed E-state index contributed by atoms with van der Waals surface area (Å²) in [6, 6.07) is 21.6. The molecule has 46 heavy (non-hydrogen) atoms. The van der Waals surface area contributed by atoms with Gasteiger partial charge >= 0.3 is 5.97 Å². The van der Waals surface area contributed by atoms with E-state index < -0.39 is 29.2 Å². The number of nitro benzene ring substituents is 1. The van der Waals surface area contributed by atoms with E-state index in [0.717, 1.165) is 48.6 Å². The molecule has 2 aliphatic heterocycles. The highest BCUT2D eigenvalue weighted by Gasteiger charge is 2.39. The number of nitro groups is 1. The van der Waals surface area contributed by atoms with Crippen molar-refractivity contribution in [2.45, 2.75) is 52.0 Å².